The Morgan fingerprint density at radius 3 is 2.47 bits per heavy atom. The Kier molecular flexibility index (Phi) is 6.49. The second-order valence-electron chi connectivity index (χ2n) is 13.1. The number of hydrogen-bond acceptors (Lipinski definition) is 8. The predicted molar refractivity (Wildman–Crippen MR) is 138 cm³/mol. The van der Waals surface area contributed by atoms with Crippen LogP contribution in [0.25, 0.3) is 0 Å². The standard InChI is InChI=1S/C30H42O8/c1-16-24(32)25(33)26(34)27(37-16)38-19-8-11-28(2)18(14-19)5-6-22-21(28)9-12-29(3)20(10-13-30(22,29)35)17-4-7-23(31)36-15-17/h4,7,14-16,19-22,24-27,32-35H,5-6,8-13H2,1-3H3/t16-,19-,20+,21-,22+,24-,25?,26+,27?,28-,29+,30-/m0/s1. The van der Waals surface area contributed by atoms with Crippen LogP contribution in [0.3, 0.4) is 0 Å². The summed E-state index contributed by atoms with van der Waals surface area (Å²) in [5, 5.41) is 43.0. The maximum atomic E-state index is 12.4. The summed E-state index contributed by atoms with van der Waals surface area (Å²) in [5.74, 6) is 0.759. The highest BCUT2D eigenvalue weighted by Crippen LogP contribution is 2.70. The lowest BCUT2D eigenvalue weighted by Gasteiger charge is -2.62. The van der Waals surface area contributed by atoms with Gasteiger partial charge >= 0.3 is 5.63 Å². The van der Waals surface area contributed by atoms with Gasteiger partial charge in [0.25, 0.3) is 0 Å². The predicted octanol–water partition coefficient (Wildman–Crippen LogP) is 3.01. The molecule has 2 unspecified atom stereocenters. The van der Waals surface area contributed by atoms with E-state index in [4.69, 9.17) is 13.9 Å². The molecule has 8 nitrogen and oxygen atoms in total. The van der Waals surface area contributed by atoms with E-state index in [0.717, 1.165) is 56.9 Å². The molecular weight excluding hydrogens is 488 g/mol. The molecule has 5 aliphatic rings. The van der Waals surface area contributed by atoms with E-state index in [9.17, 15) is 25.2 Å². The smallest absolute Gasteiger partial charge is 0.335 e. The molecular formula is C30H42O8. The zero-order valence-corrected chi connectivity index (χ0v) is 22.6. The Morgan fingerprint density at radius 1 is 0.947 bits per heavy atom. The molecule has 1 aliphatic heterocycles. The summed E-state index contributed by atoms with van der Waals surface area (Å²) in [6.07, 6.45) is 5.32. The van der Waals surface area contributed by atoms with E-state index in [-0.39, 0.29) is 34.4 Å². The highest BCUT2D eigenvalue weighted by molar-refractivity contribution is 5.31. The van der Waals surface area contributed by atoms with Gasteiger partial charge in [0, 0.05) is 11.5 Å². The second-order valence-corrected chi connectivity index (χ2v) is 13.1. The molecule has 0 bridgehead atoms. The number of ether oxygens (including phenoxy) is 2. The summed E-state index contributed by atoms with van der Waals surface area (Å²) in [4.78, 5) is 11.5. The van der Waals surface area contributed by atoms with Gasteiger partial charge in [0.15, 0.2) is 6.29 Å². The largest absolute Gasteiger partial charge is 0.431 e. The van der Waals surface area contributed by atoms with E-state index in [1.165, 1.54) is 11.6 Å². The van der Waals surface area contributed by atoms with Crippen LogP contribution in [0.4, 0.5) is 0 Å². The first-order valence-corrected chi connectivity index (χ1v) is 14.4. The molecule has 4 aliphatic carbocycles. The van der Waals surface area contributed by atoms with Crippen LogP contribution < -0.4 is 5.63 Å². The molecule has 1 aromatic rings. The van der Waals surface area contributed by atoms with Crippen LogP contribution in [0.5, 0.6) is 0 Å². The number of allylic oxidation sites excluding steroid dienone is 1. The Balaban J connectivity index is 1.21. The van der Waals surface area contributed by atoms with Crippen molar-refractivity contribution in [3.63, 3.8) is 0 Å². The molecule has 6 rings (SSSR count). The Hall–Kier alpha value is -1.55. The molecule has 210 valence electrons. The average molecular weight is 531 g/mol. The van der Waals surface area contributed by atoms with Crippen molar-refractivity contribution in [2.45, 2.75) is 120 Å². The molecule has 1 aromatic heterocycles. The van der Waals surface area contributed by atoms with Crippen LogP contribution in [-0.4, -0.2) is 62.8 Å². The number of hydrogen-bond donors (Lipinski definition) is 4. The molecule has 2 heterocycles. The molecule has 4 fully saturated rings. The Bertz CT molecular complexity index is 1130. The van der Waals surface area contributed by atoms with Gasteiger partial charge < -0.3 is 34.3 Å². The summed E-state index contributed by atoms with van der Waals surface area (Å²) < 4.78 is 17.0. The average Bonchev–Trinajstić information content (AvgIpc) is 3.18. The van der Waals surface area contributed by atoms with Crippen LogP contribution in [0.1, 0.15) is 83.6 Å². The molecule has 38 heavy (non-hydrogen) atoms. The summed E-state index contributed by atoms with van der Waals surface area (Å²) in [6, 6.07) is 3.36. The fourth-order valence-electron chi connectivity index (χ4n) is 9.17. The SMILES string of the molecule is C[C@@H]1OC(O[C@@H]2C=C3CC[C@@H]4[C@H](CC[C@]5(C)[C@@H](c6ccc(=O)oc6)CC[C@]45O)[C@@]3(C)CC2)[C@H](O)C(O)[C@H]1O. The summed E-state index contributed by atoms with van der Waals surface area (Å²) >= 11 is 0. The summed E-state index contributed by atoms with van der Waals surface area (Å²) in [6.45, 7) is 6.26. The second kappa shape index (κ2) is 9.25. The number of rotatable bonds is 3. The fraction of sp³-hybridized carbons (Fsp3) is 0.767. The first-order chi connectivity index (χ1) is 18.0. The minimum absolute atomic E-state index is 0.0213. The van der Waals surface area contributed by atoms with Crippen LogP contribution in [0, 0.1) is 22.7 Å². The van der Waals surface area contributed by atoms with Gasteiger partial charge in [-0.1, -0.05) is 25.5 Å². The minimum atomic E-state index is -1.31. The third-order valence-corrected chi connectivity index (χ3v) is 11.5. The zero-order valence-electron chi connectivity index (χ0n) is 22.6. The van der Waals surface area contributed by atoms with Gasteiger partial charge in [-0.3, -0.25) is 0 Å². The van der Waals surface area contributed by atoms with Crippen molar-refractivity contribution in [1.82, 2.24) is 0 Å². The van der Waals surface area contributed by atoms with E-state index >= 15 is 0 Å². The van der Waals surface area contributed by atoms with Crippen LogP contribution in [-0.2, 0) is 9.47 Å². The van der Waals surface area contributed by atoms with Gasteiger partial charge in [-0.2, -0.15) is 0 Å². The van der Waals surface area contributed by atoms with E-state index in [1.807, 2.05) is 6.07 Å². The van der Waals surface area contributed by atoms with Crippen molar-refractivity contribution in [1.29, 1.82) is 0 Å². The van der Waals surface area contributed by atoms with Gasteiger partial charge in [-0.25, -0.2) is 4.79 Å². The normalized spacial score (nSPS) is 50.5. The van der Waals surface area contributed by atoms with E-state index in [1.54, 1.807) is 13.2 Å². The van der Waals surface area contributed by atoms with Crippen molar-refractivity contribution in [3.05, 3.63) is 46.0 Å². The minimum Gasteiger partial charge on any atom is -0.431 e. The third kappa shape index (κ3) is 3.82. The molecule has 0 aromatic carbocycles. The molecule has 4 N–H and O–H groups in total. The molecule has 0 radical (unpaired) electrons. The highest BCUT2D eigenvalue weighted by atomic mass is 16.7. The molecule has 0 amide bonds. The van der Waals surface area contributed by atoms with Crippen molar-refractivity contribution in [2.75, 3.05) is 0 Å². The van der Waals surface area contributed by atoms with E-state index in [2.05, 4.69) is 19.9 Å². The van der Waals surface area contributed by atoms with Gasteiger partial charge in [0.05, 0.1) is 24.1 Å². The van der Waals surface area contributed by atoms with Gasteiger partial charge in [0.2, 0.25) is 0 Å². The molecule has 3 saturated carbocycles. The molecule has 8 heteroatoms. The molecule has 12 atom stereocenters. The Morgan fingerprint density at radius 2 is 1.74 bits per heavy atom. The van der Waals surface area contributed by atoms with Gasteiger partial charge in [-0.15, -0.1) is 0 Å². The fourth-order valence-corrected chi connectivity index (χ4v) is 9.17. The summed E-state index contributed by atoms with van der Waals surface area (Å²) in [7, 11) is 0. The maximum Gasteiger partial charge on any atom is 0.335 e. The van der Waals surface area contributed by atoms with Crippen LogP contribution in [0.2, 0.25) is 0 Å². The third-order valence-electron chi connectivity index (χ3n) is 11.5. The van der Waals surface area contributed by atoms with Crippen molar-refractivity contribution < 1.29 is 34.3 Å². The van der Waals surface area contributed by atoms with Crippen molar-refractivity contribution in [2.24, 2.45) is 22.7 Å². The molecule has 1 saturated heterocycles. The van der Waals surface area contributed by atoms with Gasteiger partial charge in [-0.05, 0) is 93.1 Å². The number of aliphatic hydroxyl groups excluding tert-OH is 3. The van der Waals surface area contributed by atoms with Crippen molar-refractivity contribution in [3.8, 4) is 0 Å². The van der Waals surface area contributed by atoms with Crippen LogP contribution in [0.15, 0.2) is 39.3 Å². The summed E-state index contributed by atoms with van der Waals surface area (Å²) in [5.41, 5.74) is 0.991. The van der Waals surface area contributed by atoms with E-state index < -0.39 is 36.3 Å². The molecule has 0 spiro atoms. The first-order valence-electron chi connectivity index (χ1n) is 14.4. The number of fused-ring (bicyclic) bond motifs is 5. The maximum absolute atomic E-state index is 12.4. The van der Waals surface area contributed by atoms with Crippen molar-refractivity contribution >= 4 is 0 Å². The zero-order chi connectivity index (χ0) is 27.0. The highest BCUT2D eigenvalue weighted by Gasteiger charge is 2.66. The Labute approximate surface area is 223 Å². The number of aliphatic hydroxyl groups is 4. The lowest BCUT2D eigenvalue weighted by atomic mass is 9.45. The van der Waals surface area contributed by atoms with Crippen LogP contribution >= 0.6 is 0 Å². The first kappa shape index (κ1) is 26.7. The quantitative estimate of drug-likeness (QED) is 0.439. The van der Waals surface area contributed by atoms with E-state index in [0.29, 0.717) is 5.92 Å². The lowest BCUT2D eigenvalue weighted by molar-refractivity contribution is -0.301. The van der Waals surface area contributed by atoms with Gasteiger partial charge in [0.1, 0.15) is 18.3 Å². The monoisotopic (exact) mass is 530 g/mol. The topological polar surface area (TPSA) is 130 Å². The lowest BCUT2D eigenvalue weighted by Crippen LogP contribution is -2.60.